The van der Waals surface area contributed by atoms with Crippen LogP contribution < -0.4 is 4.90 Å². The third-order valence-corrected chi connectivity index (χ3v) is 4.21. The average molecular weight is 320 g/mol. The summed E-state index contributed by atoms with van der Waals surface area (Å²) in [5.41, 5.74) is 1.15. The number of hydrogen-bond acceptors (Lipinski definition) is 4. The van der Waals surface area contributed by atoms with E-state index in [0.717, 1.165) is 29.1 Å². The molecule has 2 aromatic rings. The van der Waals surface area contributed by atoms with Crippen LogP contribution >= 0.6 is 15.9 Å². The van der Waals surface area contributed by atoms with E-state index in [-0.39, 0.29) is 0 Å². The van der Waals surface area contributed by atoms with Gasteiger partial charge in [0.15, 0.2) is 5.82 Å². The Balaban J connectivity index is 1.42. The maximum Gasteiger partial charge on any atom is 0.151 e. The molecule has 6 heteroatoms. The molecule has 0 unspecified atom stereocenters. The highest BCUT2D eigenvalue weighted by molar-refractivity contribution is 9.10. The highest BCUT2D eigenvalue weighted by Gasteiger charge is 2.31. The predicted molar refractivity (Wildman–Crippen MR) is 75.2 cm³/mol. The first-order valence-corrected chi connectivity index (χ1v) is 7.37. The molecule has 0 N–H and O–H groups in total. The van der Waals surface area contributed by atoms with Gasteiger partial charge in [-0.15, -0.1) is 5.10 Å². The zero-order chi connectivity index (χ0) is 12.8. The van der Waals surface area contributed by atoms with E-state index in [9.17, 15) is 0 Å². The second-order valence-corrected chi connectivity index (χ2v) is 6.20. The molecule has 2 aromatic heterocycles. The molecule has 1 saturated carbocycles. The Bertz CT molecular complexity index is 583. The van der Waals surface area contributed by atoms with Gasteiger partial charge in [0.2, 0.25) is 0 Å². The third kappa shape index (κ3) is 2.14. The van der Waals surface area contributed by atoms with Crippen molar-refractivity contribution in [3.8, 4) is 0 Å². The lowest BCUT2D eigenvalue weighted by molar-refractivity contribution is 0.365. The van der Waals surface area contributed by atoms with E-state index in [1.165, 1.54) is 12.8 Å². The maximum atomic E-state index is 4.33. The van der Waals surface area contributed by atoms with Crippen molar-refractivity contribution >= 4 is 21.7 Å². The number of nitrogens with zero attached hydrogens (tertiary/aromatic N) is 5. The van der Waals surface area contributed by atoms with Gasteiger partial charge in [0, 0.05) is 25.2 Å². The predicted octanol–water partition coefficient (Wildman–Crippen LogP) is 2.37. The van der Waals surface area contributed by atoms with Crippen LogP contribution in [0.2, 0.25) is 0 Å². The fourth-order valence-corrected chi connectivity index (χ4v) is 2.73. The number of hydrogen-bond donors (Lipinski definition) is 0. The average Bonchev–Trinajstić information content (AvgIpc) is 3.12. The zero-order valence-corrected chi connectivity index (χ0v) is 12.0. The maximum absolute atomic E-state index is 4.33. The van der Waals surface area contributed by atoms with E-state index in [0.29, 0.717) is 12.0 Å². The van der Waals surface area contributed by atoms with Crippen LogP contribution in [-0.2, 0) is 0 Å². The largest absolute Gasteiger partial charge is 0.351 e. The molecular weight excluding hydrogens is 306 g/mol. The number of rotatable bonds is 3. The standard InChI is InChI=1S/C13H14BrN5/c14-10-5-15-19(6-10)11-7-18(8-11)13-4-3-12(16-17-13)9-1-2-9/h3-6,9,11H,1-2,7-8H2. The number of anilines is 1. The van der Waals surface area contributed by atoms with Gasteiger partial charge < -0.3 is 4.90 Å². The molecule has 2 aliphatic rings. The highest BCUT2D eigenvalue weighted by atomic mass is 79.9. The molecule has 0 spiro atoms. The summed E-state index contributed by atoms with van der Waals surface area (Å²) in [4.78, 5) is 2.24. The summed E-state index contributed by atoms with van der Waals surface area (Å²) in [5, 5.41) is 13.0. The number of aromatic nitrogens is 4. The fraction of sp³-hybridized carbons (Fsp3) is 0.462. The monoisotopic (exact) mass is 319 g/mol. The van der Waals surface area contributed by atoms with Crippen molar-refractivity contribution in [2.45, 2.75) is 24.8 Å². The van der Waals surface area contributed by atoms with Crippen molar-refractivity contribution in [3.05, 3.63) is 34.7 Å². The first kappa shape index (κ1) is 11.4. The molecule has 0 amide bonds. The van der Waals surface area contributed by atoms with Gasteiger partial charge in [-0.05, 0) is 40.9 Å². The van der Waals surface area contributed by atoms with Gasteiger partial charge >= 0.3 is 0 Å². The minimum absolute atomic E-state index is 0.441. The first-order valence-electron chi connectivity index (χ1n) is 6.58. The van der Waals surface area contributed by atoms with Crippen molar-refractivity contribution in [1.82, 2.24) is 20.0 Å². The van der Waals surface area contributed by atoms with Crippen molar-refractivity contribution in [3.63, 3.8) is 0 Å². The molecule has 4 rings (SSSR count). The van der Waals surface area contributed by atoms with E-state index in [1.807, 2.05) is 17.1 Å². The molecule has 0 aromatic carbocycles. The van der Waals surface area contributed by atoms with E-state index in [2.05, 4.69) is 48.3 Å². The summed E-state index contributed by atoms with van der Waals surface area (Å²) in [6, 6.07) is 4.66. The Morgan fingerprint density at radius 1 is 1.16 bits per heavy atom. The van der Waals surface area contributed by atoms with E-state index < -0.39 is 0 Å². The number of halogens is 1. The molecule has 19 heavy (non-hydrogen) atoms. The van der Waals surface area contributed by atoms with Gasteiger partial charge in [-0.1, -0.05) is 0 Å². The van der Waals surface area contributed by atoms with Crippen molar-refractivity contribution in [2.75, 3.05) is 18.0 Å². The van der Waals surface area contributed by atoms with Crippen LogP contribution in [0.15, 0.2) is 29.0 Å². The second-order valence-electron chi connectivity index (χ2n) is 5.29. The lowest BCUT2D eigenvalue weighted by Crippen LogP contribution is -2.48. The summed E-state index contributed by atoms with van der Waals surface area (Å²) < 4.78 is 3.03. The van der Waals surface area contributed by atoms with Gasteiger partial charge in [0.1, 0.15) is 0 Å². The van der Waals surface area contributed by atoms with E-state index in [4.69, 9.17) is 0 Å². The molecule has 2 fully saturated rings. The van der Waals surface area contributed by atoms with Gasteiger partial charge in [-0.2, -0.15) is 10.2 Å². The second kappa shape index (κ2) is 4.30. The SMILES string of the molecule is Brc1cnn(C2CN(c3ccc(C4CC4)nn3)C2)c1. The lowest BCUT2D eigenvalue weighted by atomic mass is 10.1. The Kier molecular flexibility index (Phi) is 2.58. The third-order valence-electron chi connectivity index (χ3n) is 3.80. The molecule has 1 aliphatic heterocycles. The van der Waals surface area contributed by atoms with Gasteiger partial charge in [0.05, 0.1) is 22.4 Å². The molecule has 3 heterocycles. The van der Waals surface area contributed by atoms with Crippen LogP contribution in [0, 0.1) is 0 Å². The van der Waals surface area contributed by atoms with Crippen LogP contribution in [-0.4, -0.2) is 33.1 Å². The Morgan fingerprint density at radius 2 is 2.00 bits per heavy atom. The fourth-order valence-electron chi connectivity index (χ4n) is 2.43. The topological polar surface area (TPSA) is 46.8 Å². The minimum atomic E-state index is 0.441. The molecule has 1 aliphatic carbocycles. The molecule has 0 bridgehead atoms. The van der Waals surface area contributed by atoms with Crippen molar-refractivity contribution in [1.29, 1.82) is 0 Å². The Labute approximate surface area is 119 Å². The molecular formula is C13H14BrN5. The van der Waals surface area contributed by atoms with E-state index in [1.54, 1.807) is 0 Å². The van der Waals surface area contributed by atoms with Crippen molar-refractivity contribution in [2.24, 2.45) is 0 Å². The molecule has 0 atom stereocenters. The summed E-state index contributed by atoms with van der Waals surface area (Å²) in [7, 11) is 0. The van der Waals surface area contributed by atoms with Gasteiger partial charge in [-0.25, -0.2) is 0 Å². The Hall–Kier alpha value is -1.43. The summed E-state index contributed by atoms with van der Waals surface area (Å²) in [6.07, 6.45) is 6.39. The summed E-state index contributed by atoms with van der Waals surface area (Å²) >= 11 is 3.42. The minimum Gasteiger partial charge on any atom is -0.351 e. The summed E-state index contributed by atoms with van der Waals surface area (Å²) in [5.74, 6) is 1.65. The summed E-state index contributed by atoms with van der Waals surface area (Å²) in [6.45, 7) is 1.90. The van der Waals surface area contributed by atoms with Crippen LogP contribution in [0.3, 0.4) is 0 Å². The van der Waals surface area contributed by atoms with Crippen LogP contribution in [0.25, 0.3) is 0 Å². The first-order chi connectivity index (χ1) is 9.29. The van der Waals surface area contributed by atoms with Crippen LogP contribution in [0.1, 0.15) is 30.5 Å². The lowest BCUT2D eigenvalue weighted by Gasteiger charge is -2.39. The molecule has 1 saturated heterocycles. The van der Waals surface area contributed by atoms with Crippen LogP contribution in [0.5, 0.6) is 0 Å². The van der Waals surface area contributed by atoms with Gasteiger partial charge in [-0.3, -0.25) is 4.68 Å². The smallest absolute Gasteiger partial charge is 0.151 e. The van der Waals surface area contributed by atoms with Crippen molar-refractivity contribution < 1.29 is 0 Å². The Morgan fingerprint density at radius 3 is 2.58 bits per heavy atom. The normalized spacial score (nSPS) is 19.5. The van der Waals surface area contributed by atoms with E-state index >= 15 is 0 Å². The highest BCUT2D eigenvalue weighted by Crippen LogP contribution is 2.39. The molecule has 5 nitrogen and oxygen atoms in total. The molecule has 0 radical (unpaired) electrons. The zero-order valence-electron chi connectivity index (χ0n) is 10.4. The molecule has 98 valence electrons. The quantitative estimate of drug-likeness (QED) is 0.871. The van der Waals surface area contributed by atoms with Gasteiger partial charge in [0.25, 0.3) is 0 Å². The van der Waals surface area contributed by atoms with Crippen LogP contribution in [0.4, 0.5) is 5.82 Å².